The lowest BCUT2D eigenvalue weighted by molar-refractivity contribution is 1.59. The van der Waals surface area contributed by atoms with E-state index in [1.165, 1.54) is 0 Å². The van der Waals surface area contributed by atoms with Crippen LogP contribution in [0.15, 0.2) is 12.1 Å². The van der Waals surface area contributed by atoms with E-state index in [9.17, 15) is 0 Å². The fourth-order valence-electron chi connectivity index (χ4n) is 0.498. The number of hydrogen-bond donors (Lipinski definition) is 0. The molecular formula is C6H2Cl2I2. The van der Waals surface area contributed by atoms with E-state index in [2.05, 4.69) is 45.2 Å². The third kappa shape index (κ3) is 2.12. The van der Waals surface area contributed by atoms with Gasteiger partial charge in [-0.25, -0.2) is 0 Å². The zero-order valence-electron chi connectivity index (χ0n) is 4.67. The van der Waals surface area contributed by atoms with E-state index in [4.69, 9.17) is 23.2 Å². The lowest BCUT2D eigenvalue weighted by Crippen LogP contribution is -1.78. The van der Waals surface area contributed by atoms with E-state index >= 15 is 0 Å². The van der Waals surface area contributed by atoms with Crippen LogP contribution in [0, 0.1) is 7.14 Å². The molecule has 0 aliphatic carbocycles. The number of hydrogen-bond acceptors (Lipinski definition) is 0. The minimum atomic E-state index is 0.714. The first-order valence-corrected chi connectivity index (χ1v) is 5.32. The average Bonchev–Trinajstić information content (AvgIpc) is 1.84. The Morgan fingerprint density at radius 2 is 1.30 bits per heavy atom. The Balaban J connectivity index is 3.28. The van der Waals surface area contributed by atoms with Crippen molar-refractivity contribution >= 4 is 68.4 Å². The second-order valence-electron chi connectivity index (χ2n) is 1.68. The van der Waals surface area contributed by atoms with Crippen LogP contribution in [0.2, 0.25) is 10.0 Å². The van der Waals surface area contributed by atoms with Gasteiger partial charge in [0.15, 0.2) is 0 Å². The standard InChI is InChI=1S/C6H2Cl2I2/c7-3-1-4(8)6(10)2-5(3)9/h1-2H. The zero-order valence-corrected chi connectivity index (χ0v) is 10.5. The van der Waals surface area contributed by atoms with Crippen molar-refractivity contribution in [1.82, 2.24) is 0 Å². The van der Waals surface area contributed by atoms with E-state index in [0.29, 0.717) is 10.0 Å². The van der Waals surface area contributed by atoms with E-state index in [0.717, 1.165) is 7.14 Å². The predicted molar refractivity (Wildman–Crippen MR) is 61.9 cm³/mol. The Morgan fingerprint density at radius 1 is 0.900 bits per heavy atom. The first-order chi connectivity index (χ1) is 4.61. The summed E-state index contributed by atoms with van der Waals surface area (Å²) in [6.07, 6.45) is 0. The maximum absolute atomic E-state index is 5.79. The molecule has 1 aromatic carbocycles. The maximum Gasteiger partial charge on any atom is 0.0555 e. The zero-order chi connectivity index (χ0) is 7.72. The molecule has 0 amide bonds. The molecule has 0 bridgehead atoms. The lowest BCUT2D eigenvalue weighted by atomic mass is 10.4. The summed E-state index contributed by atoms with van der Waals surface area (Å²) in [4.78, 5) is 0. The maximum atomic E-state index is 5.79. The van der Waals surface area contributed by atoms with Gasteiger partial charge in [-0.05, 0) is 57.3 Å². The molecule has 0 atom stereocenters. The highest BCUT2D eigenvalue weighted by atomic mass is 127. The minimum Gasteiger partial charge on any atom is -0.0831 e. The van der Waals surface area contributed by atoms with Crippen LogP contribution in [0.1, 0.15) is 0 Å². The third-order valence-corrected chi connectivity index (χ3v) is 4.01. The van der Waals surface area contributed by atoms with Gasteiger partial charge in [0, 0.05) is 7.14 Å². The second kappa shape index (κ2) is 3.78. The molecule has 0 aliphatic rings. The summed E-state index contributed by atoms with van der Waals surface area (Å²) >= 11 is 15.9. The SMILES string of the molecule is Clc1cc(Cl)c(I)cc1I. The van der Waals surface area contributed by atoms with E-state index in [1.807, 2.05) is 6.07 Å². The molecule has 0 N–H and O–H groups in total. The normalized spacial score (nSPS) is 10.0. The topological polar surface area (TPSA) is 0 Å². The van der Waals surface area contributed by atoms with Crippen LogP contribution in [0.25, 0.3) is 0 Å². The Morgan fingerprint density at radius 3 is 1.60 bits per heavy atom. The first kappa shape index (κ1) is 9.35. The number of halogens is 4. The van der Waals surface area contributed by atoms with Crippen molar-refractivity contribution in [2.75, 3.05) is 0 Å². The van der Waals surface area contributed by atoms with Crippen molar-refractivity contribution in [3.63, 3.8) is 0 Å². The monoisotopic (exact) mass is 398 g/mol. The predicted octanol–water partition coefficient (Wildman–Crippen LogP) is 4.20. The molecule has 54 valence electrons. The van der Waals surface area contributed by atoms with Crippen molar-refractivity contribution in [1.29, 1.82) is 0 Å². The van der Waals surface area contributed by atoms with Crippen molar-refractivity contribution in [3.8, 4) is 0 Å². The van der Waals surface area contributed by atoms with Crippen molar-refractivity contribution in [2.24, 2.45) is 0 Å². The van der Waals surface area contributed by atoms with Gasteiger partial charge in [0.25, 0.3) is 0 Å². The van der Waals surface area contributed by atoms with Gasteiger partial charge < -0.3 is 0 Å². The summed E-state index contributed by atoms with van der Waals surface area (Å²) in [5.74, 6) is 0. The molecule has 0 aliphatic heterocycles. The van der Waals surface area contributed by atoms with Gasteiger partial charge in [-0.15, -0.1) is 0 Å². The van der Waals surface area contributed by atoms with Gasteiger partial charge in [0.05, 0.1) is 10.0 Å². The summed E-state index contributed by atoms with van der Waals surface area (Å²) in [6, 6.07) is 3.71. The first-order valence-electron chi connectivity index (χ1n) is 2.41. The fraction of sp³-hybridized carbons (Fsp3) is 0. The molecule has 0 radical (unpaired) electrons. The van der Waals surface area contributed by atoms with Crippen LogP contribution in [0.5, 0.6) is 0 Å². The summed E-state index contributed by atoms with van der Waals surface area (Å²) in [6.45, 7) is 0. The Kier molecular flexibility index (Phi) is 3.53. The van der Waals surface area contributed by atoms with Crippen LogP contribution in [0.3, 0.4) is 0 Å². The van der Waals surface area contributed by atoms with Gasteiger partial charge in [0.1, 0.15) is 0 Å². The summed E-state index contributed by atoms with van der Waals surface area (Å²) < 4.78 is 2.07. The molecule has 0 fully saturated rings. The minimum absolute atomic E-state index is 0.714. The van der Waals surface area contributed by atoms with Crippen LogP contribution < -0.4 is 0 Å². The smallest absolute Gasteiger partial charge is 0.0555 e. The highest BCUT2D eigenvalue weighted by molar-refractivity contribution is 14.1. The lowest BCUT2D eigenvalue weighted by Gasteiger charge is -1.98. The Bertz CT molecular complexity index is 210. The molecule has 0 spiro atoms. The van der Waals surface area contributed by atoms with Crippen LogP contribution in [-0.4, -0.2) is 0 Å². The molecule has 0 saturated carbocycles. The molecule has 1 rings (SSSR count). The molecular weight excluding hydrogens is 397 g/mol. The van der Waals surface area contributed by atoms with E-state index < -0.39 is 0 Å². The number of rotatable bonds is 0. The molecule has 0 aromatic heterocycles. The molecule has 0 saturated heterocycles. The molecule has 10 heavy (non-hydrogen) atoms. The summed E-state index contributed by atoms with van der Waals surface area (Å²) in [5.41, 5.74) is 0. The van der Waals surface area contributed by atoms with Crippen molar-refractivity contribution < 1.29 is 0 Å². The van der Waals surface area contributed by atoms with Crippen molar-refractivity contribution in [3.05, 3.63) is 29.3 Å². The third-order valence-electron chi connectivity index (χ3n) is 0.963. The highest BCUT2D eigenvalue weighted by Crippen LogP contribution is 2.27. The highest BCUT2D eigenvalue weighted by Gasteiger charge is 2.01. The fourth-order valence-corrected chi connectivity index (χ4v) is 2.41. The second-order valence-corrected chi connectivity index (χ2v) is 4.82. The van der Waals surface area contributed by atoms with Gasteiger partial charge in [-0.2, -0.15) is 0 Å². The van der Waals surface area contributed by atoms with Gasteiger partial charge in [0.2, 0.25) is 0 Å². The quantitative estimate of drug-likeness (QED) is 0.454. The van der Waals surface area contributed by atoms with Gasteiger partial charge in [-0.3, -0.25) is 0 Å². The summed E-state index contributed by atoms with van der Waals surface area (Å²) in [5, 5.41) is 1.43. The van der Waals surface area contributed by atoms with Crippen LogP contribution in [-0.2, 0) is 0 Å². The molecule has 0 heterocycles. The molecule has 1 aromatic rings. The van der Waals surface area contributed by atoms with Gasteiger partial charge >= 0.3 is 0 Å². The van der Waals surface area contributed by atoms with Gasteiger partial charge in [-0.1, -0.05) is 23.2 Å². The van der Waals surface area contributed by atoms with E-state index in [1.54, 1.807) is 6.07 Å². The number of benzene rings is 1. The van der Waals surface area contributed by atoms with Crippen LogP contribution >= 0.6 is 68.4 Å². The molecule has 4 heteroatoms. The van der Waals surface area contributed by atoms with E-state index in [-0.39, 0.29) is 0 Å². The Hall–Kier alpha value is 1.26. The van der Waals surface area contributed by atoms with Crippen molar-refractivity contribution in [2.45, 2.75) is 0 Å². The largest absolute Gasteiger partial charge is 0.0831 e. The average molecular weight is 399 g/mol. The Labute approximate surface area is 96.6 Å². The molecule has 0 nitrogen and oxygen atoms in total. The summed E-state index contributed by atoms with van der Waals surface area (Å²) in [7, 11) is 0. The molecule has 0 unspecified atom stereocenters. The van der Waals surface area contributed by atoms with Crippen LogP contribution in [0.4, 0.5) is 0 Å².